The number of anilines is 1. The van der Waals surface area contributed by atoms with Crippen molar-refractivity contribution in [2.24, 2.45) is 5.73 Å². The number of nitrogens with two attached hydrogens (primary N) is 1. The third kappa shape index (κ3) is 3.86. The molecule has 0 aliphatic heterocycles. The van der Waals surface area contributed by atoms with E-state index in [1.807, 2.05) is 5.32 Å². The van der Waals surface area contributed by atoms with Crippen LogP contribution >= 0.6 is 0 Å². The topological polar surface area (TPSA) is 107 Å². The highest BCUT2D eigenvalue weighted by molar-refractivity contribution is 6.03. The van der Waals surface area contributed by atoms with Crippen molar-refractivity contribution in [2.45, 2.75) is 6.92 Å². The van der Waals surface area contributed by atoms with E-state index in [1.54, 1.807) is 0 Å². The third-order valence-electron chi connectivity index (χ3n) is 3.97. The summed E-state index contributed by atoms with van der Waals surface area (Å²) in [6.45, 7) is 1.49. The first-order chi connectivity index (χ1) is 13.7. The Labute approximate surface area is 161 Å². The summed E-state index contributed by atoms with van der Waals surface area (Å²) in [6.07, 6.45) is 0. The molecule has 1 aromatic heterocycles. The molecular weight excluding hydrogens is 389 g/mol. The molecule has 3 N–H and O–H groups in total. The second-order valence-electron chi connectivity index (χ2n) is 5.99. The van der Waals surface area contributed by atoms with Gasteiger partial charge < -0.3 is 11.1 Å². The average molecular weight is 402 g/mol. The van der Waals surface area contributed by atoms with Gasteiger partial charge in [-0.25, -0.2) is 17.9 Å². The van der Waals surface area contributed by atoms with Crippen molar-refractivity contribution in [3.05, 3.63) is 87.1 Å². The normalized spacial score (nSPS) is 10.6. The van der Waals surface area contributed by atoms with Crippen molar-refractivity contribution in [1.82, 2.24) is 9.78 Å². The van der Waals surface area contributed by atoms with Crippen molar-refractivity contribution < 1.29 is 22.8 Å². The number of carbonyl (C=O) groups is 2. The van der Waals surface area contributed by atoms with Gasteiger partial charge in [-0.1, -0.05) is 12.1 Å². The minimum atomic E-state index is -1.21. The second kappa shape index (κ2) is 7.58. The number of carbonyl (C=O) groups excluding carboxylic acids is 2. The molecule has 0 saturated carbocycles. The van der Waals surface area contributed by atoms with Crippen molar-refractivity contribution in [3.63, 3.8) is 0 Å². The number of benzene rings is 2. The highest BCUT2D eigenvalue weighted by atomic mass is 19.1. The number of nitrogens with zero attached hydrogens (tertiary/aromatic N) is 2. The van der Waals surface area contributed by atoms with Crippen LogP contribution in [0.15, 0.2) is 47.3 Å². The van der Waals surface area contributed by atoms with E-state index in [0.717, 1.165) is 10.7 Å². The summed E-state index contributed by atoms with van der Waals surface area (Å²) in [5, 5.41) is 5.91. The highest BCUT2D eigenvalue weighted by Gasteiger charge is 2.20. The number of primary amides is 1. The zero-order valence-electron chi connectivity index (χ0n) is 14.9. The number of para-hydroxylation sites is 1. The molecule has 29 heavy (non-hydrogen) atoms. The Morgan fingerprint density at radius 1 is 1.03 bits per heavy atom. The summed E-state index contributed by atoms with van der Waals surface area (Å²) in [4.78, 5) is 35.9. The van der Waals surface area contributed by atoms with Crippen molar-refractivity contribution in [3.8, 4) is 5.69 Å². The van der Waals surface area contributed by atoms with Crippen LogP contribution in [0.4, 0.5) is 18.9 Å². The smallest absolute Gasteiger partial charge is 0.280 e. The molecule has 0 aliphatic carbocycles. The molecule has 10 heteroatoms. The van der Waals surface area contributed by atoms with Gasteiger partial charge >= 0.3 is 0 Å². The Balaban J connectivity index is 2.04. The fourth-order valence-corrected chi connectivity index (χ4v) is 2.59. The number of hydrogen-bond donors (Lipinski definition) is 2. The summed E-state index contributed by atoms with van der Waals surface area (Å²) in [5.41, 5.74) is 2.54. The quantitative estimate of drug-likeness (QED) is 0.698. The van der Waals surface area contributed by atoms with Crippen LogP contribution in [0.2, 0.25) is 0 Å². The molecule has 0 aliphatic rings. The van der Waals surface area contributed by atoms with Gasteiger partial charge in [0.1, 0.15) is 23.1 Å². The van der Waals surface area contributed by atoms with Crippen LogP contribution in [0.25, 0.3) is 5.69 Å². The van der Waals surface area contributed by atoms with Crippen molar-refractivity contribution in [1.29, 1.82) is 0 Å². The summed E-state index contributed by atoms with van der Waals surface area (Å²) in [5.74, 6) is -5.35. The molecule has 0 saturated heterocycles. The van der Waals surface area contributed by atoms with Crippen LogP contribution < -0.4 is 16.5 Å². The van der Waals surface area contributed by atoms with Gasteiger partial charge in [0.15, 0.2) is 5.69 Å². The maximum Gasteiger partial charge on any atom is 0.280 e. The molecule has 0 bridgehead atoms. The SMILES string of the molecule is Cc1cc(=O)c(C(=O)Nc2cc(C(N)=O)c(F)cc2F)nn1-c1ccccc1F. The van der Waals surface area contributed by atoms with E-state index in [-0.39, 0.29) is 11.4 Å². The first kappa shape index (κ1) is 19.8. The number of aromatic nitrogens is 2. The van der Waals surface area contributed by atoms with Gasteiger partial charge in [-0.2, -0.15) is 5.10 Å². The fourth-order valence-electron chi connectivity index (χ4n) is 2.59. The molecule has 2 aromatic carbocycles. The largest absolute Gasteiger partial charge is 0.366 e. The number of aryl methyl sites for hydroxylation is 1. The van der Waals surface area contributed by atoms with E-state index >= 15 is 0 Å². The monoisotopic (exact) mass is 402 g/mol. The zero-order valence-corrected chi connectivity index (χ0v) is 14.9. The van der Waals surface area contributed by atoms with Gasteiger partial charge in [-0.05, 0) is 25.1 Å². The zero-order chi connectivity index (χ0) is 21.3. The predicted molar refractivity (Wildman–Crippen MR) is 97.4 cm³/mol. The second-order valence-corrected chi connectivity index (χ2v) is 5.99. The first-order valence-corrected chi connectivity index (χ1v) is 8.15. The number of amides is 2. The Morgan fingerprint density at radius 2 is 1.72 bits per heavy atom. The maximum atomic E-state index is 14.1. The fraction of sp³-hybridized carbons (Fsp3) is 0.0526. The standard InChI is InChI=1S/C19H13F3N4O3/c1-9-6-16(27)17(25-26(9)15-5-3-2-4-11(15)20)19(29)24-14-7-10(18(23)28)12(21)8-13(14)22/h2-8H,1H3,(H2,23,28)(H,24,29). The van der Waals surface area contributed by atoms with Gasteiger partial charge in [0.2, 0.25) is 5.43 Å². The molecule has 1 heterocycles. The van der Waals surface area contributed by atoms with E-state index < -0.39 is 51.6 Å². The molecule has 0 atom stereocenters. The molecule has 148 valence electrons. The van der Waals surface area contributed by atoms with Crippen LogP contribution in [0.3, 0.4) is 0 Å². The molecule has 0 radical (unpaired) electrons. The summed E-state index contributed by atoms with van der Waals surface area (Å²) >= 11 is 0. The van der Waals surface area contributed by atoms with Crippen LogP contribution in [0.1, 0.15) is 26.5 Å². The lowest BCUT2D eigenvalue weighted by molar-refractivity contribution is 0.0991. The Hall–Kier alpha value is -3.95. The van der Waals surface area contributed by atoms with Gasteiger partial charge in [0, 0.05) is 17.8 Å². The van der Waals surface area contributed by atoms with Gasteiger partial charge in [0.05, 0.1) is 11.3 Å². The molecule has 3 aromatic rings. The van der Waals surface area contributed by atoms with Crippen LogP contribution in [-0.2, 0) is 0 Å². The maximum absolute atomic E-state index is 14.1. The van der Waals surface area contributed by atoms with Gasteiger partial charge in [-0.15, -0.1) is 0 Å². The Kier molecular flexibility index (Phi) is 5.18. The van der Waals surface area contributed by atoms with E-state index in [4.69, 9.17) is 5.73 Å². The van der Waals surface area contributed by atoms with E-state index in [2.05, 4.69) is 5.10 Å². The van der Waals surface area contributed by atoms with E-state index in [0.29, 0.717) is 12.1 Å². The number of rotatable bonds is 4. The van der Waals surface area contributed by atoms with Crippen molar-refractivity contribution >= 4 is 17.5 Å². The van der Waals surface area contributed by atoms with Gasteiger partial charge in [0.25, 0.3) is 11.8 Å². The average Bonchev–Trinajstić information content (AvgIpc) is 2.64. The van der Waals surface area contributed by atoms with Gasteiger partial charge in [-0.3, -0.25) is 14.4 Å². The highest BCUT2D eigenvalue weighted by Crippen LogP contribution is 2.20. The summed E-state index contributed by atoms with van der Waals surface area (Å²) in [7, 11) is 0. The number of nitrogens with one attached hydrogen (secondary N) is 1. The first-order valence-electron chi connectivity index (χ1n) is 8.15. The molecular formula is C19H13F3N4O3. The lowest BCUT2D eigenvalue weighted by Gasteiger charge is -2.12. The predicted octanol–water partition coefficient (Wildman–Crippen LogP) is 2.31. The summed E-state index contributed by atoms with van der Waals surface area (Å²) in [6, 6.07) is 7.69. The minimum Gasteiger partial charge on any atom is -0.366 e. The Morgan fingerprint density at radius 3 is 2.38 bits per heavy atom. The molecule has 2 amide bonds. The number of halogens is 3. The van der Waals surface area contributed by atoms with E-state index in [1.165, 1.54) is 31.2 Å². The molecule has 7 nitrogen and oxygen atoms in total. The minimum absolute atomic E-state index is 0.0111. The lowest BCUT2D eigenvalue weighted by Crippen LogP contribution is -2.27. The lowest BCUT2D eigenvalue weighted by atomic mass is 10.1. The molecule has 0 unspecified atom stereocenters. The van der Waals surface area contributed by atoms with E-state index in [9.17, 15) is 27.6 Å². The molecule has 0 spiro atoms. The van der Waals surface area contributed by atoms with Crippen LogP contribution in [0.5, 0.6) is 0 Å². The Bertz CT molecular complexity index is 1210. The molecule has 0 fully saturated rings. The third-order valence-corrected chi connectivity index (χ3v) is 3.97. The van der Waals surface area contributed by atoms with Crippen molar-refractivity contribution in [2.75, 3.05) is 5.32 Å². The molecule has 3 rings (SSSR count). The summed E-state index contributed by atoms with van der Waals surface area (Å²) < 4.78 is 42.7. The number of hydrogen-bond acceptors (Lipinski definition) is 4. The van der Waals surface area contributed by atoms with Crippen LogP contribution in [-0.4, -0.2) is 21.6 Å². The van der Waals surface area contributed by atoms with Crippen LogP contribution in [0, 0.1) is 24.4 Å².